The number of hydrogen-bond acceptors (Lipinski definition) is 4. The van der Waals surface area contributed by atoms with Crippen LogP contribution in [-0.4, -0.2) is 66.7 Å². The molecule has 0 spiro atoms. The quantitative estimate of drug-likeness (QED) is 0.836. The number of nitrogens with one attached hydrogen (secondary N) is 1. The van der Waals surface area contributed by atoms with Gasteiger partial charge < -0.3 is 15.0 Å². The summed E-state index contributed by atoms with van der Waals surface area (Å²) >= 11 is 0. The van der Waals surface area contributed by atoms with Crippen LogP contribution in [0.25, 0.3) is 0 Å². The third kappa shape index (κ3) is 7.30. The number of hydrogen-bond donors (Lipinski definition) is 1. The van der Waals surface area contributed by atoms with E-state index in [1.807, 2.05) is 20.8 Å². The molecule has 1 aromatic carbocycles. The summed E-state index contributed by atoms with van der Waals surface area (Å²) in [6.07, 6.45) is -0.316. The molecular weight excluding hydrogens is 380 g/mol. The molecule has 1 aromatic rings. The summed E-state index contributed by atoms with van der Waals surface area (Å²) in [6.45, 7) is 8.96. The zero-order chi connectivity index (χ0) is 19.3. The first-order valence-corrected chi connectivity index (χ1v) is 8.59. The van der Waals surface area contributed by atoms with Gasteiger partial charge in [0.1, 0.15) is 5.60 Å². The molecule has 2 rings (SSSR count). The van der Waals surface area contributed by atoms with Crippen LogP contribution in [0, 0.1) is 11.6 Å². The van der Waals surface area contributed by atoms with E-state index in [9.17, 15) is 18.4 Å². The van der Waals surface area contributed by atoms with Gasteiger partial charge in [0.25, 0.3) is 5.91 Å². The molecule has 0 saturated carbocycles. The van der Waals surface area contributed by atoms with Crippen molar-refractivity contribution < 1.29 is 23.1 Å². The summed E-state index contributed by atoms with van der Waals surface area (Å²) < 4.78 is 31.4. The molecular formula is C18H26ClF2N3O3. The topological polar surface area (TPSA) is 61.9 Å². The van der Waals surface area contributed by atoms with E-state index in [4.69, 9.17) is 4.74 Å². The van der Waals surface area contributed by atoms with Crippen molar-refractivity contribution in [3.05, 3.63) is 35.4 Å². The standard InChI is InChI=1S/C18H25F2N3O3.ClH/c1-18(2,3)26-17(25)23-10-8-22(9-11-23)7-6-21-16(24)13-4-5-14(19)15(20)12-13;/h4-5,12H,6-11H2,1-3H3,(H,21,24);1H. The Morgan fingerprint density at radius 3 is 2.30 bits per heavy atom. The summed E-state index contributed by atoms with van der Waals surface area (Å²) in [4.78, 5) is 27.7. The minimum Gasteiger partial charge on any atom is -0.444 e. The van der Waals surface area contributed by atoms with Crippen molar-refractivity contribution >= 4 is 24.4 Å². The van der Waals surface area contributed by atoms with Gasteiger partial charge in [-0.2, -0.15) is 0 Å². The Bertz CT molecular complexity index is 660. The van der Waals surface area contributed by atoms with Crippen LogP contribution in [0.4, 0.5) is 13.6 Å². The number of carbonyl (C=O) groups is 2. The fraction of sp³-hybridized carbons (Fsp3) is 0.556. The van der Waals surface area contributed by atoms with Crippen LogP contribution in [0.15, 0.2) is 18.2 Å². The van der Waals surface area contributed by atoms with Gasteiger partial charge in [0.15, 0.2) is 11.6 Å². The van der Waals surface area contributed by atoms with E-state index < -0.39 is 23.1 Å². The SMILES string of the molecule is CC(C)(C)OC(=O)N1CCN(CCNC(=O)c2ccc(F)c(F)c2)CC1.Cl. The highest BCUT2D eigenvalue weighted by atomic mass is 35.5. The van der Waals surface area contributed by atoms with E-state index in [-0.39, 0.29) is 24.1 Å². The number of nitrogens with zero attached hydrogens (tertiary/aromatic N) is 2. The van der Waals surface area contributed by atoms with Gasteiger partial charge >= 0.3 is 6.09 Å². The molecule has 1 heterocycles. The molecule has 2 amide bonds. The smallest absolute Gasteiger partial charge is 0.410 e. The van der Waals surface area contributed by atoms with E-state index >= 15 is 0 Å². The van der Waals surface area contributed by atoms with Crippen molar-refractivity contribution in [1.29, 1.82) is 0 Å². The second-order valence-electron chi connectivity index (χ2n) is 7.19. The molecule has 152 valence electrons. The predicted octanol–water partition coefficient (Wildman–Crippen LogP) is 2.67. The summed E-state index contributed by atoms with van der Waals surface area (Å²) in [6, 6.07) is 3.05. The molecule has 0 radical (unpaired) electrons. The largest absolute Gasteiger partial charge is 0.444 e. The van der Waals surface area contributed by atoms with Crippen molar-refractivity contribution in [3.8, 4) is 0 Å². The Morgan fingerprint density at radius 1 is 1.11 bits per heavy atom. The predicted molar refractivity (Wildman–Crippen MR) is 100 cm³/mol. The van der Waals surface area contributed by atoms with Crippen LogP contribution in [0.3, 0.4) is 0 Å². The molecule has 1 aliphatic heterocycles. The number of halogens is 3. The first-order chi connectivity index (χ1) is 12.2. The van der Waals surface area contributed by atoms with E-state index in [0.717, 1.165) is 12.1 Å². The molecule has 0 unspecified atom stereocenters. The molecule has 1 fully saturated rings. The molecule has 1 saturated heterocycles. The number of ether oxygens (including phenoxy) is 1. The van der Waals surface area contributed by atoms with E-state index in [1.165, 1.54) is 6.07 Å². The molecule has 6 nitrogen and oxygen atoms in total. The first kappa shape index (κ1) is 23.1. The molecule has 9 heteroatoms. The Hall–Kier alpha value is -1.93. The van der Waals surface area contributed by atoms with Crippen molar-refractivity contribution in [3.63, 3.8) is 0 Å². The number of rotatable bonds is 4. The van der Waals surface area contributed by atoms with Gasteiger partial charge in [0, 0.05) is 44.8 Å². The maximum Gasteiger partial charge on any atom is 0.410 e. The Morgan fingerprint density at radius 2 is 1.74 bits per heavy atom. The Kier molecular flexibility index (Phi) is 8.43. The molecule has 27 heavy (non-hydrogen) atoms. The zero-order valence-electron chi connectivity index (χ0n) is 15.8. The van der Waals surface area contributed by atoms with Crippen molar-refractivity contribution in [2.45, 2.75) is 26.4 Å². The normalized spacial score (nSPS) is 15.1. The van der Waals surface area contributed by atoms with Gasteiger partial charge in [-0.05, 0) is 39.0 Å². The summed E-state index contributed by atoms with van der Waals surface area (Å²) in [7, 11) is 0. The lowest BCUT2D eigenvalue weighted by atomic mass is 10.2. The highest BCUT2D eigenvalue weighted by molar-refractivity contribution is 5.94. The van der Waals surface area contributed by atoms with Crippen LogP contribution >= 0.6 is 12.4 Å². The second kappa shape index (κ2) is 9.85. The number of benzene rings is 1. The van der Waals surface area contributed by atoms with Crippen molar-refractivity contribution in [2.75, 3.05) is 39.3 Å². The van der Waals surface area contributed by atoms with Crippen LogP contribution in [-0.2, 0) is 4.74 Å². The molecule has 0 bridgehead atoms. The van der Waals surface area contributed by atoms with Crippen LogP contribution < -0.4 is 5.32 Å². The van der Waals surface area contributed by atoms with E-state index in [2.05, 4.69) is 10.2 Å². The third-order valence-corrected chi connectivity index (χ3v) is 3.92. The third-order valence-electron chi connectivity index (χ3n) is 3.92. The fourth-order valence-electron chi connectivity index (χ4n) is 2.55. The molecule has 0 atom stereocenters. The lowest BCUT2D eigenvalue weighted by Gasteiger charge is -2.35. The monoisotopic (exact) mass is 405 g/mol. The summed E-state index contributed by atoms with van der Waals surface area (Å²) in [5.74, 6) is -2.48. The van der Waals surface area contributed by atoms with Crippen molar-refractivity contribution in [2.24, 2.45) is 0 Å². The van der Waals surface area contributed by atoms with Crippen LogP contribution in [0.1, 0.15) is 31.1 Å². The maximum absolute atomic E-state index is 13.2. The van der Waals surface area contributed by atoms with E-state index in [1.54, 1.807) is 4.90 Å². The number of carbonyl (C=O) groups excluding carboxylic acids is 2. The first-order valence-electron chi connectivity index (χ1n) is 8.59. The lowest BCUT2D eigenvalue weighted by molar-refractivity contribution is 0.0147. The second-order valence-corrected chi connectivity index (χ2v) is 7.19. The number of piperazine rings is 1. The van der Waals surface area contributed by atoms with Gasteiger partial charge in [-0.25, -0.2) is 13.6 Å². The molecule has 1 N–H and O–H groups in total. The zero-order valence-corrected chi connectivity index (χ0v) is 16.6. The van der Waals surface area contributed by atoms with Crippen LogP contribution in [0.2, 0.25) is 0 Å². The minimum atomic E-state index is -1.05. The summed E-state index contributed by atoms with van der Waals surface area (Å²) in [5, 5.41) is 2.68. The lowest BCUT2D eigenvalue weighted by Crippen LogP contribution is -2.51. The Labute approximate surface area is 164 Å². The van der Waals surface area contributed by atoms with Crippen molar-refractivity contribution in [1.82, 2.24) is 15.1 Å². The van der Waals surface area contributed by atoms with Gasteiger partial charge in [-0.1, -0.05) is 0 Å². The molecule has 0 aliphatic carbocycles. The van der Waals surface area contributed by atoms with Gasteiger partial charge in [-0.3, -0.25) is 9.69 Å². The van der Waals surface area contributed by atoms with E-state index in [0.29, 0.717) is 39.3 Å². The summed E-state index contributed by atoms with van der Waals surface area (Å²) in [5.41, 5.74) is -0.433. The minimum absolute atomic E-state index is 0. The van der Waals surface area contributed by atoms with Gasteiger partial charge in [0.2, 0.25) is 0 Å². The van der Waals surface area contributed by atoms with Crippen LogP contribution in [0.5, 0.6) is 0 Å². The van der Waals surface area contributed by atoms with Gasteiger partial charge in [-0.15, -0.1) is 12.4 Å². The average molecular weight is 406 g/mol. The highest BCUT2D eigenvalue weighted by Gasteiger charge is 2.25. The maximum atomic E-state index is 13.2. The fourth-order valence-corrected chi connectivity index (χ4v) is 2.55. The Balaban J connectivity index is 0.00000364. The number of amides is 2. The average Bonchev–Trinajstić information content (AvgIpc) is 2.56. The highest BCUT2D eigenvalue weighted by Crippen LogP contribution is 2.12. The molecule has 0 aromatic heterocycles. The molecule has 1 aliphatic rings. The van der Waals surface area contributed by atoms with Gasteiger partial charge in [0.05, 0.1) is 0 Å².